The van der Waals surface area contributed by atoms with Gasteiger partial charge in [0.2, 0.25) is 0 Å². The summed E-state index contributed by atoms with van der Waals surface area (Å²) in [4.78, 5) is 2.97. The van der Waals surface area contributed by atoms with Crippen molar-refractivity contribution in [2.45, 2.75) is 45.2 Å². The number of thiocarbonyl (C=S) groups is 1. The molecule has 2 atom stereocenters. The molecule has 0 aliphatic heterocycles. The van der Waals surface area contributed by atoms with Gasteiger partial charge in [0.1, 0.15) is 4.99 Å². The van der Waals surface area contributed by atoms with Crippen LogP contribution in [0.1, 0.15) is 43.7 Å². The van der Waals surface area contributed by atoms with Gasteiger partial charge in [-0.05, 0) is 31.4 Å². The maximum Gasteiger partial charge on any atom is 0.104 e. The van der Waals surface area contributed by atoms with Gasteiger partial charge in [-0.3, -0.25) is 4.90 Å². The van der Waals surface area contributed by atoms with E-state index < -0.39 is 0 Å². The van der Waals surface area contributed by atoms with Gasteiger partial charge in [-0.25, -0.2) is 0 Å². The molecular formula is C16H24N2S. The minimum atomic E-state index is 0.501. The molecular weight excluding hydrogens is 252 g/mol. The first-order chi connectivity index (χ1) is 9.09. The summed E-state index contributed by atoms with van der Waals surface area (Å²) >= 11 is 5.14. The molecule has 2 N–H and O–H groups in total. The molecule has 1 aliphatic carbocycles. The van der Waals surface area contributed by atoms with Crippen LogP contribution in [0.2, 0.25) is 0 Å². The number of hydrogen-bond donors (Lipinski definition) is 1. The second-order valence-corrected chi connectivity index (χ2v) is 6.21. The van der Waals surface area contributed by atoms with Crippen LogP contribution in [-0.4, -0.2) is 23.0 Å². The fourth-order valence-corrected chi connectivity index (χ4v) is 3.44. The van der Waals surface area contributed by atoms with Gasteiger partial charge >= 0.3 is 0 Å². The minimum absolute atomic E-state index is 0.501. The van der Waals surface area contributed by atoms with Gasteiger partial charge in [0.15, 0.2) is 0 Å². The molecule has 0 aromatic heterocycles. The number of benzene rings is 1. The molecule has 104 valence electrons. The van der Waals surface area contributed by atoms with E-state index in [2.05, 4.69) is 31.0 Å². The fourth-order valence-electron chi connectivity index (χ4n) is 3.24. The van der Waals surface area contributed by atoms with E-state index in [9.17, 15) is 0 Å². The summed E-state index contributed by atoms with van der Waals surface area (Å²) in [6.07, 6.45) is 5.41. The highest BCUT2D eigenvalue weighted by Crippen LogP contribution is 2.28. The number of nitrogens with two attached hydrogens (primary N) is 1. The molecule has 19 heavy (non-hydrogen) atoms. The lowest BCUT2D eigenvalue weighted by Gasteiger charge is -2.36. The average Bonchev–Trinajstić information content (AvgIpc) is 2.39. The zero-order valence-electron chi connectivity index (χ0n) is 11.9. The smallest absolute Gasteiger partial charge is 0.104 e. The van der Waals surface area contributed by atoms with E-state index in [4.69, 9.17) is 18.0 Å². The van der Waals surface area contributed by atoms with Crippen LogP contribution in [0.15, 0.2) is 24.3 Å². The Morgan fingerprint density at radius 1 is 1.32 bits per heavy atom. The molecule has 0 spiro atoms. The van der Waals surface area contributed by atoms with Gasteiger partial charge in [-0.2, -0.15) is 0 Å². The van der Waals surface area contributed by atoms with Crippen molar-refractivity contribution in [2.75, 3.05) is 7.05 Å². The fraction of sp³-hybridized carbons (Fsp3) is 0.562. The first-order valence-corrected chi connectivity index (χ1v) is 7.58. The van der Waals surface area contributed by atoms with Gasteiger partial charge in [-0.1, -0.05) is 56.2 Å². The first kappa shape index (κ1) is 14.5. The first-order valence-electron chi connectivity index (χ1n) is 7.17. The lowest BCUT2D eigenvalue weighted by molar-refractivity contribution is 0.133. The van der Waals surface area contributed by atoms with Crippen molar-refractivity contribution in [1.29, 1.82) is 0 Å². The predicted octanol–water partition coefficient (Wildman–Crippen LogP) is 3.33. The van der Waals surface area contributed by atoms with E-state index in [1.54, 1.807) is 0 Å². The Hall–Kier alpha value is -0.930. The van der Waals surface area contributed by atoms with Crippen LogP contribution in [-0.2, 0) is 6.54 Å². The molecule has 1 saturated carbocycles. The lowest BCUT2D eigenvalue weighted by atomic mass is 9.85. The third-order valence-electron chi connectivity index (χ3n) is 4.33. The molecule has 2 rings (SSSR count). The van der Waals surface area contributed by atoms with Crippen LogP contribution in [0.3, 0.4) is 0 Å². The molecule has 0 saturated heterocycles. The molecule has 1 aliphatic rings. The van der Waals surface area contributed by atoms with Crippen LogP contribution in [0, 0.1) is 5.92 Å². The van der Waals surface area contributed by atoms with Gasteiger partial charge in [-0.15, -0.1) is 0 Å². The van der Waals surface area contributed by atoms with Crippen molar-refractivity contribution in [3.8, 4) is 0 Å². The lowest BCUT2D eigenvalue weighted by Crippen LogP contribution is -2.38. The summed E-state index contributed by atoms with van der Waals surface area (Å²) in [5, 5.41) is 0. The third kappa shape index (κ3) is 3.54. The molecule has 2 nitrogen and oxygen atoms in total. The largest absolute Gasteiger partial charge is 0.389 e. The van der Waals surface area contributed by atoms with E-state index in [-0.39, 0.29) is 0 Å². The normalized spacial score (nSPS) is 23.5. The molecule has 1 aromatic rings. The van der Waals surface area contributed by atoms with E-state index in [0.29, 0.717) is 11.0 Å². The van der Waals surface area contributed by atoms with E-state index >= 15 is 0 Å². The SMILES string of the molecule is CC1CCCCC1N(C)Cc1ccccc1C(N)=S. The van der Waals surface area contributed by atoms with Crippen LogP contribution in [0.5, 0.6) is 0 Å². The standard InChI is InChI=1S/C16H24N2S/c1-12-7-3-6-10-15(12)18(2)11-13-8-4-5-9-14(13)16(17)19/h4-5,8-9,12,15H,3,6-7,10-11H2,1-2H3,(H2,17,19). The van der Waals surface area contributed by atoms with E-state index in [1.807, 2.05) is 12.1 Å². The second kappa shape index (κ2) is 6.49. The Bertz CT molecular complexity index is 444. The highest BCUT2D eigenvalue weighted by Gasteiger charge is 2.25. The maximum atomic E-state index is 5.81. The Balaban J connectivity index is 2.10. The quantitative estimate of drug-likeness (QED) is 0.855. The molecule has 1 aromatic carbocycles. The molecule has 1 fully saturated rings. The summed E-state index contributed by atoms with van der Waals surface area (Å²) < 4.78 is 0. The van der Waals surface area contributed by atoms with Crippen molar-refractivity contribution in [3.63, 3.8) is 0 Å². The van der Waals surface area contributed by atoms with Crippen molar-refractivity contribution >= 4 is 17.2 Å². The van der Waals surface area contributed by atoms with E-state index in [1.165, 1.54) is 31.2 Å². The zero-order chi connectivity index (χ0) is 13.8. The Labute approximate surface area is 122 Å². The molecule has 0 bridgehead atoms. The Morgan fingerprint density at radius 2 is 2.00 bits per heavy atom. The third-order valence-corrected chi connectivity index (χ3v) is 4.55. The van der Waals surface area contributed by atoms with Gasteiger partial charge < -0.3 is 5.73 Å². The summed E-state index contributed by atoms with van der Waals surface area (Å²) in [5.41, 5.74) is 8.08. The van der Waals surface area contributed by atoms with Gasteiger partial charge in [0.25, 0.3) is 0 Å². The van der Waals surface area contributed by atoms with Crippen molar-refractivity contribution in [3.05, 3.63) is 35.4 Å². The Morgan fingerprint density at radius 3 is 2.68 bits per heavy atom. The van der Waals surface area contributed by atoms with Crippen molar-refractivity contribution in [2.24, 2.45) is 11.7 Å². The summed E-state index contributed by atoms with van der Waals surface area (Å²) in [6, 6.07) is 8.92. The maximum absolute atomic E-state index is 5.81. The van der Waals surface area contributed by atoms with E-state index in [0.717, 1.165) is 18.0 Å². The monoisotopic (exact) mass is 276 g/mol. The molecule has 0 amide bonds. The summed E-state index contributed by atoms with van der Waals surface area (Å²) in [7, 11) is 2.23. The van der Waals surface area contributed by atoms with Crippen LogP contribution < -0.4 is 5.73 Å². The molecule has 0 radical (unpaired) electrons. The summed E-state index contributed by atoms with van der Waals surface area (Å²) in [5.74, 6) is 0.788. The number of rotatable bonds is 4. The van der Waals surface area contributed by atoms with Gasteiger partial charge in [0.05, 0.1) is 0 Å². The molecule has 0 heterocycles. The topological polar surface area (TPSA) is 29.3 Å². The highest BCUT2D eigenvalue weighted by molar-refractivity contribution is 7.80. The average molecular weight is 276 g/mol. The van der Waals surface area contributed by atoms with Gasteiger partial charge in [0, 0.05) is 18.2 Å². The van der Waals surface area contributed by atoms with Crippen molar-refractivity contribution in [1.82, 2.24) is 4.90 Å². The highest BCUT2D eigenvalue weighted by atomic mass is 32.1. The molecule has 2 unspecified atom stereocenters. The number of nitrogens with zero attached hydrogens (tertiary/aromatic N) is 1. The predicted molar refractivity (Wildman–Crippen MR) is 85.2 cm³/mol. The zero-order valence-corrected chi connectivity index (χ0v) is 12.7. The molecule has 3 heteroatoms. The van der Waals surface area contributed by atoms with Crippen molar-refractivity contribution < 1.29 is 0 Å². The Kier molecular flexibility index (Phi) is 4.94. The van der Waals surface area contributed by atoms with Crippen LogP contribution in [0.4, 0.5) is 0 Å². The number of hydrogen-bond acceptors (Lipinski definition) is 2. The second-order valence-electron chi connectivity index (χ2n) is 5.77. The van der Waals surface area contributed by atoms with Crippen LogP contribution in [0.25, 0.3) is 0 Å². The summed E-state index contributed by atoms with van der Waals surface area (Å²) in [6.45, 7) is 3.31. The minimum Gasteiger partial charge on any atom is -0.389 e. The van der Waals surface area contributed by atoms with Crippen LogP contribution >= 0.6 is 12.2 Å².